The zero-order chi connectivity index (χ0) is 21.0. The Morgan fingerprint density at radius 3 is 2.28 bits per heavy atom. The van der Waals surface area contributed by atoms with Crippen LogP contribution in [0.4, 0.5) is 21.0 Å². The van der Waals surface area contributed by atoms with Gasteiger partial charge in [-0.2, -0.15) is 0 Å². The number of nitrogens with zero attached hydrogens (tertiary/aromatic N) is 2. The maximum atomic E-state index is 12.5. The quantitative estimate of drug-likeness (QED) is 0.324. The summed E-state index contributed by atoms with van der Waals surface area (Å²) in [5.74, 6) is -0.333. The Balaban J connectivity index is 1.95. The fourth-order valence-corrected chi connectivity index (χ4v) is 3.34. The number of hydrogen-bond donors (Lipinski definition) is 0. The summed E-state index contributed by atoms with van der Waals surface area (Å²) < 4.78 is 25.6. The molecule has 0 aromatic heterocycles. The molecule has 2 heterocycles. The molecule has 0 radical (unpaired) electrons. The summed E-state index contributed by atoms with van der Waals surface area (Å²) in [4.78, 5) is 39.7. The first-order chi connectivity index (χ1) is 14.0. The van der Waals surface area contributed by atoms with Crippen molar-refractivity contribution >= 4 is 29.5 Å². The molecule has 10 nitrogen and oxygen atoms in total. The fraction of sp³-hybridized carbons (Fsp3) is 0.421. The van der Waals surface area contributed by atoms with Gasteiger partial charge in [0, 0.05) is 13.5 Å². The topological polar surface area (TPSA) is 104 Å². The van der Waals surface area contributed by atoms with Gasteiger partial charge in [-0.15, -0.1) is 0 Å². The third kappa shape index (κ3) is 3.97. The molecule has 2 aliphatic heterocycles. The van der Waals surface area contributed by atoms with E-state index in [0.717, 1.165) is 0 Å². The molecule has 2 atom stereocenters. The van der Waals surface area contributed by atoms with Crippen molar-refractivity contribution in [1.29, 1.82) is 0 Å². The number of carbonyl (C=O) groups is 3. The molecule has 3 rings (SSSR count). The first-order valence-electron chi connectivity index (χ1n) is 8.88. The average Bonchev–Trinajstić information content (AvgIpc) is 3.13. The van der Waals surface area contributed by atoms with Gasteiger partial charge in [0.15, 0.2) is 0 Å². The van der Waals surface area contributed by atoms with Crippen molar-refractivity contribution in [2.24, 2.45) is 0 Å². The third-order valence-electron chi connectivity index (χ3n) is 4.55. The lowest BCUT2D eigenvalue weighted by molar-refractivity contribution is -0.139. The summed E-state index contributed by atoms with van der Waals surface area (Å²) in [6, 6.07) is 6.21. The molecular formula is C19H22N2O8. The number of carbonyl (C=O) groups excluding carboxylic acids is 3. The van der Waals surface area contributed by atoms with E-state index in [0.29, 0.717) is 11.4 Å². The summed E-state index contributed by atoms with van der Waals surface area (Å²) >= 11 is 0. The second-order valence-corrected chi connectivity index (χ2v) is 6.22. The first kappa shape index (κ1) is 20.5. The Labute approximate surface area is 167 Å². The van der Waals surface area contributed by atoms with E-state index in [-0.39, 0.29) is 25.4 Å². The highest BCUT2D eigenvalue weighted by Gasteiger charge is 2.51. The van der Waals surface area contributed by atoms with E-state index in [1.807, 2.05) is 0 Å². The van der Waals surface area contributed by atoms with Gasteiger partial charge in [0.05, 0.1) is 38.3 Å². The van der Waals surface area contributed by atoms with Crippen LogP contribution in [0.15, 0.2) is 36.1 Å². The van der Waals surface area contributed by atoms with Crippen LogP contribution >= 0.6 is 0 Å². The van der Waals surface area contributed by atoms with Crippen molar-refractivity contribution in [3.63, 3.8) is 0 Å². The Kier molecular flexibility index (Phi) is 6.23. The summed E-state index contributed by atoms with van der Waals surface area (Å²) in [5, 5.41) is 0. The van der Waals surface area contributed by atoms with Crippen molar-refractivity contribution in [2.45, 2.75) is 18.7 Å². The number of fused-ring (bicyclic) bond motifs is 2. The van der Waals surface area contributed by atoms with Crippen LogP contribution in [0, 0.1) is 0 Å². The van der Waals surface area contributed by atoms with Crippen LogP contribution in [-0.4, -0.2) is 65.0 Å². The number of esters is 1. The number of amides is 2. The third-order valence-corrected chi connectivity index (χ3v) is 4.55. The second-order valence-electron chi connectivity index (χ2n) is 6.22. The molecule has 0 aliphatic carbocycles. The summed E-state index contributed by atoms with van der Waals surface area (Å²) in [6.07, 6.45) is -0.773. The lowest BCUT2D eigenvalue weighted by Crippen LogP contribution is -2.58. The fourth-order valence-electron chi connectivity index (χ4n) is 3.34. The SMILES string of the molecule is COCCOC(=O)/C=C1\C[C@H]2[C@@H](O1)N(C(=O)OC)c1ccccc1N2C(=O)OC. The number of methoxy groups -OCH3 is 3. The highest BCUT2D eigenvalue weighted by Crippen LogP contribution is 2.44. The standard InChI is InChI=1S/C19H22N2O8/c1-25-8-9-28-16(22)11-12-10-15-17(29-12)21(19(24)27-3)14-7-5-4-6-13(14)20(15)18(23)26-2/h4-7,11,15,17H,8-10H2,1-3H3/b12-11+/t15-,17+/m0/s1. The molecule has 156 valence electrons. The number of rotatable bonds is 4. The van der Waals surface area contributed by atoms with E-state index < -0.39 is 30.4 Å². The van der Waals surface area contributed by atoms with Gasteiger partial charge in [0.25, 0.3) is 0 Å². The minimum absolute atomic E-state index is 0.0972. The monoisotopic (exact) mass is 406 g/mol. The average molecular weight is 406 g/mol. The molecule has 1 fully saturated rings. The van der Waals surface area contributed by atoms with E-state index in [1.54, 1.807) is 24.3 Å². The smallest absolute Gasteiger partial charge is 0.417 e. The van der Waals surface area contributed by atoms with Crippen molar-refractivity contribution in [3.05, 3.63) is 36.1 Å². The van der Waals surface area contributed by atoms with Crippen LogP contribution in [0.25, 0.3) is 0 Å². The van der Waals surface area contributed by atoms with Crippen molar-refractivity contribution in [2.75, 3.05) is 44.3 Å². The van der Waals surface area contributed by atoms with Crippen LogP contribution in [0.3, 0.4) is 0 Å². The van der Waals surface area contributed by atoms with Gasteiger partial charge in [-0.05, 0) is 12.1 Å². The van der Waals surface area contributed by atoms with Crippen LogP contribution in [0.5, 0.6) is 0 Å². The maximum absolute atomic E-state index is 12.5. The first-order valence-corrected chi connectivity index (χ1v) is 8.88. The van der Waals surface area contributed by atoms with E-state index in [9.17, 15) is 14.4 Å². The molecule has 0 spiro atoms. The molecule has 2 aliphatic rings. The zero-order valence-electron chi connectivity index (χ0n) is 16.3. The van der Waals surface area contributed by atoms with Gasteiger partial charge in [-0.3, -0.25) is 4.90 Å². The van der Waals surface area contributed by atoms with Gasteiger partial charge in [-0.25, -0.2) is 19.3 Å². The molecule has 0 N–H and O–H groups in total. The molecule has 1 saturated heterocycles. The van der Waals surface area contributed by atoms with Crippen molar-refractivity contribution < 1.29 is 38.1 Å². The molecule has 0 unspecified atom stereocenters. The number of ether oxygens (including phenoxy) is 5. The zero-order valence-corrected chi connectivity index (χ0v) is 16.3. The Morgan fingerprint density at radius 1 is 1.03 bits per heavy atom. The van der Waals surface area contributed by atoms with Gasteiger partial charge in [0.2, 0.25) is 6.23 Å². The van der Waals surface area contributed by atoms with Crippen molar-refractivity contribution in [1.82, 2.24) is 0 Å². The van der Waals surface area contributed by atoms with Crippen LogP contribution < -0.4 is 9.80 Å². The Morgan fingerprint density at radius 2 is 1.66 bits per heavy atom. The van der Waals surface area contributed by atoms with E-state index in [1.165, 1.54) is 37.2 Å². The number of hydrogen-bond acceptors (Lipinski definition) is 8. The van der Waals surface area contributed by atoms with Gasteiger partial charge in [-0.1, -0.05) is 12.1 Å². The minimum atomic E-state index is -0.894. The summed E-state index contributed by atoms with van der Waals surface area (Å²) in [6.45, 7) is 0.364. The van der Waals surface area contributed by atoms with Crippen LogP contribution in [0.2, 0.25) is 0 Å². The second kappa shape index (κ2) is 8.82. The molecule has 0 bridgehead atoms. The molecule has 10 heteroatoms. The van der Waals surface area contributed by atoms with Gasteiger partial charge >= 0.3 is 18.2 Å². The van der Waals surface area contributed by atoms with Gasteiger partial charge < -0.3 is 23.7 Å². The minimum Gasteiger partial charge on any atom is -0.472 e. The lowest BCUT2D eigenvalue weighted by Gasteiger charge is -2.42. The molecule has 0 saturated carbocycles. The molecule has 1 aromatic carbocycles. The Bertz CT molecular complexity index is 771. The molecule has 1 aromatic rings. The van der Waals surface area contributed by atoms with E-state index >= 15 is 0 Å². The molecule has 29 heavy (non-hydrogen) atoms. The summed E-state index contributed by atoms with van der Waals surface area (Å²) in [7, 11) is 4.02. The Hall–Kier alpha value is -3.27. The largest absolute Gasteiger partial charge is 0.472 e. The number of para-hydroxylation sites is 2. The maximum Gasteiger partial charge on any atom is 0.417 e. The van der Waals surface area contributed by atoms with Crippen LogP contribution in [0.1, 0.15) is 6.42 Å². The number of anilines is 2. The predicted molar refractivity (Wildman–Crippen MR) is 100 cm³/mol. The molecular weight excluding hydrogens is 384 g/mol. The highest BCUT2D eigenvalue weighted by atomic mass is 16.6. The predicted octanol–water partition coefficient (Wildman–Crippen LogP) is 2.03. The number of benzene rings is 1. The van der Waals surface area contributed by atoms with Crippen LogP contribution in [-0.2, 0) is 28.5 Å². The van der Waals surface area contributed by atoms with Gasteiger partial charge in [0.1, 0.15) is 18.4 Å². The lowest BCUT2D eigenvalue weighted by atomic mass is 10.0. The normalized spacial score (nSPS) is 21.1. The van der Waals surface area contributed by atoms with E-state index in [4.69, 9.17) is 23.7 Å². The van der Waals surface area contributed by atoms with E-state index in [2.05, 4.69) is 0 Å². The van der Waals surface area contributed by atoms with Crippen molar-refractivity contribution in [3.8, 4) is 0 Å². The highest BCUT2D eigenvalue weighted by molar-refractivity contribution is 6.01. The summed E-state index contributed by atoms with van der Waals surface area (Å²) in [5.41, 5.74) is 0.897. The molecule has 2 amide bonds.